The summed E-state index contributed by atoms with van der Waals surface area (Å²) < 4.78 is 28.8. The number of halogens is 3. The number of sulfonamides is 1. The van der Waals surface area contributed by atoms with Crippen molar-refractivity contribution in [3.63, 3.8) is 0 Å². The zero-order valence-corrected chi connectivity index (χ0v) is 14.9. The van der Waals surface area contributed by atoms with Crippen molar-refractivity contribution in [2.75, 3.05) is 0 Å². The molecule has 0 saturated heterocycles. The molecule has 0 spiro atoms. The van der Waals surface area contributed by atoms with Gasteiger partial charge in [-0.15, -0.1) is 0 Å². The lowest BCUT2D eigenvalue weighted by Crippen LogP contribution is -2.19. The number of ketones is 1. The van der Waals surface area contributed by atoms with Crippen molar-refractivity contribution in [1.82, 2.24) is 0 Å². The second kappa shape index (κ2) is 6.33. The third kappa shape index (κ3) is 3.00. The normalized spacial score (nSPS) is 16.5. The molecule has 0 aromatic heterocycles. The van der Waals surface area contributed by atoms with Crippen LogP contribution in [-0.4, -0.2) is 19.9 Å². The summed E-state index contributed by atoms with van der Waals surface area (Å²) >= 11 is 17.8. The van der Waals surface area contributed by atoms with Crippen molar-refractivity contribution >= 4 is 56.3 Å². The third-order valence-corrected chi connectivity index (χ3v) is 5.72. The van der Waals surface area contributed by atoms with E-state index in [-0.39, 0.29) is 26.2 Å². The molecule has 2 aromatic carbocycles. The quantitative estimate of drug-likeness (QED) is 0.750. The van der Waals surface area contributed by atoms with E-state index in [0.29, 0.717) is 10.6 Å². The molecule has 0 N–H and O–H groups in total. The van der Waals surface area contributed by atoms with Gasteiger partial charge in [0.25, 0.3) is 10.0 Å². The van der Waals surface area contributed by atoms with E-state index in [9.17, 15) is 13.2 Å². The summed E-state index contributed by atoms with van der Waals surface area (Å²) in [6.07, 6.45) is 0. The van der Waals surface area contributed by atoms with Gasteiger partial charge < -0.3 is 0 Å². The topological polar surface area (TPSA) is 63.6 Å². The first-order valence-electron chi connectivity index (χ1n) is 6.61. The van der Waals surface area contributed by atoms with E-state index in [4.69, 9.17) is 34.8 Å². The number of rotatable bonds is 2. The van der Waals surface area contributed by atoms with Gasteiger partial charge in [-0.25, -0.2) is 0 Å². The number of fused-ring (bicyclic) bond motifs is 1. The van der Waals surface area contributed by atoms with Crippen LogP contribution in [0.3, 0.4) is 0 Å². The maximum Gasteiger partial charge on any atom is 0.282 e. The van der Waals surface area contributed by atoms with E-state index in [2.05, 4.69) is 4.40 Å². The van der Waals surface area contributed by atoms with Gasteiger partial charge in [-0.1, -0.05) is 59.1 Å². The van der Waals surface area contributed by atoms with Gasteiger partial charge in [-0.3, -0.25) is 4.79 Å². The maximum atomic E-state index is 12.5. The van der Waals surface area contributed by atoms with Crippen LogP contribution < -0.4 is 0 Å². The molecular formula is C16H8Cl3NO3S. The van der Waals surface area contributed by atoms with Crippen LogP contribution >= 0.6 is 34.8 Å². The van der Waals surface area contributed by atoms with E-state index in [1.165, 1.54) is 30.3 Å². The Morgan fingerprint density at radius 3 is 2.00 bits per heavy atom. The van der Waals surface area contributed by atoms with Crippen molar-refractivity contribution in [3.8, 4) is 0 Å². The highest BCUT2D eigenvalue weighted by molar-refractivity contribution is 7.90. The second-order valence-corrected chi connectivity index (χ2v) is 7.67. The first-order valence-corrected chi connectivity index (χ1v) is 9.19. The van der Waals surface area contributed by atoms with Gasteiger partial charge in [0, 0.05) is 16.1 Å². The van der Waals surface area contributed by atoms with Crippen LogP contribution in [0.1, 0.15) is 15.9 Å². The number of carbonyl (C=O) groups excluding carboxylic acids is 1. The molecule has 0 saturated carbocycles. The maximum absolute atomic E-state index is 12.5. The van der Waals surface area contributed by atoms with E-state index in [0.717, 1.165) is 0 Å². The van der Waals surface area contributed by atoms with Crippen molar-refractivity contribution < 1.29 is 13.2 Å². The number of Topliss-reactive ketones (excluding diaryl/α,β-unsaturated/α-hetero) is 1. The first kappa shape index (κ1) is 17.2. The van der Waals surface area contributed by atoms with Crippen LogP contribution in [-0.2, 0) is 10.0 Å². The molecule has 0 unspecified atom stereocenters. The number of benzene rings is 2. The average Bonchev–Trinajstić information content (AvgIpc) is 2.57. The molecule has 0 heterocycles. The molecule has 2 aromatic rings. The fourth-order valence-electron chi connectivity index (χ4n) is 2.20. The Bertz CT molecular complexity index is 1010. The zero-order chi connectivity index (χ0) is 17.5. The van der Waals surface area contributed by atoms with Gasteiger partial charge in [0.2, 0.25) is 5.78 Å². The largest absolute Gasteiger partial charge is 0.288 e. The molecule has 1 aliphatic rings. The molecule has 8 heteroatoms. The lowest BCUT2D eigenvalue weighted by Gasteiger charge is -2.17. The molecule has 4 nitrogen and oxygen atoms in total. The van der Waals surface area contributed by atoms with Crippen LogP contribution in [0.5, 0.6) is 0 Å². The first-order chi connectivity index (χ1) is 11.3. The van der Waals surface area contributed by atoms with Gasteiger partial charge in [-0.05, 0) is 24.3 Å². The molecule has 122 valence electrons. The monoisotopic (exact) mass is 399 g/mol. The Balaban J connectivity index is 2.21. The van der Waals surface area contributed by atoms with Crippen molar-refractivity contribution in [2.45, 2.75) is 4.90 Å². The Kier molecular flexibility index (Phi) is 4.53. The molecule has 0 bridgehead atoms. The Morgan fingerprint density at radius 1 is 0.792 bits per heavy atom. The van der Waals surface area contributed by atoms with Crippen LogP contribution in [0.2, 0.25) is 5.02 Å². The Hall–Kier alpha value is -1.66. The predicted octanol–water partition coefficient (Wildman–Crippen LogP) is 4.40. The highest BCUT2D eigenvalue weighted by Gasteiger charge is 2.30. The molecule has 3 rings (SSSR count). The van der Waals surface area contributed by atoms with E-state index in [1.807, 2.05) is 0 Å². The minimum atomic E-state index is -4.05. The molecule has 0 amide bonds. The lowest BCUT2D eigenvalue weighted by atomic mass is 9.94. The van der Waals surface area contributed by atoms with E-state index >= 15 is 0 Å². The summed E-state index contributed by atoms with van der Waals surface area (Å²) in [5.41, 5.74) is 0.498. The summed E-state index contributed by atoms with van der Waals surface area (Å²) in [5.74, 6) is -0.472. The average molecular weight is 401 g/mol. The second-order valence-electron chi connectivity index (χ2n) is 4.87. The summed E-state index contributed by atoms with van der Waals surface area (Å²) in [5, 5.41) is -0.0606. The van der Waals surface area contributed by atoms with Crippen LogP contribution in [0.25, 0.3) is 0 Å². The predicted molar refractivity (Wildman–Crippen MR) is 94.7 cm³/mol. The highest BCUT2D eigenvalue weighted by atomic mass is 35.5. The molecule has 24 heavy (non-hydrogen) atoms. The summed E-state index contributed by atoms with van der Waals surface area (Å²) in [7, 11) is -4.05. The van der Waals surface area contributed by atoms with Crippen molar-refractivity contribution in [2.24, 2.45) is 4.40 Å². The zero-order valence-electron chi connectivity index (χ0n) is 11.8. The number of allylic oxidation sites excluding steroid dienone is 2. The Labute approximate surface area is 153 Å². The molecule has 0 atom stereocenters. The minimum absolute atomic E-state index is 0.0469. The molecule has 0 aliphatic heterocycles. The molecular weight excluding hydrogens is 393 g/mol. The fraction of sp³-hybridized carbons (Fsp3) is 0. The molecule has 1 aliphatic carbocycles. The SMILES string of the molecule is O=C1C(Cl)=C(Cl)/C(=N/S(=O)(=O)c2ccc(Cl)cc2)c2ccccc21. The van der Waals surface area contributed by atoms with Gasteiger partial charge in [0.15, 0.2) is 0 Å². The molecule has 0 radical (unpaired) electrons. The van der Waals surface area contributed by atoms with Gasteiger partial charge in [-0.2, -0.15) is 12.8 Å². The number of hydrogen-bond donors (Lipinski definition) is 0. The number of hydrogen-bond acceptors (Lipinski definition) is 3. The molecule has 0 fully saturated rings. The van der Waals surface area contributed by atoms with Gasteiger partial charge in [0.05, 0.1) is 9.93 Å². The minimum Gasteiger partial charge on any atom is -0.288 e. The smallest absolute Gasteiger partial charge is 0.282 e. The summed E-state index contributed by atoms with van der Waals surface area (Å²) in [6.45, 7) is 0. The van der Waals surface area contributed by atoms with E-state index < -0.39 is 15.8 Å². The van der Waals surface area contributed by atoms with Crippen molar-refractivity contribution in [1.29, 1.82) is 0 Å². The fourth-order valence-corrected chi connectivity index (χ4v) is 3.81. The van der Waals surface area contributed by atoms with Gasteiger partial charge >= 0.3 is 0 Å². The number of nitrogens with zero attached hydrogens (tertiary/aromatic N) is 1. The number of carbonyl (C=O) groups is 1. The third-order valence-electron chi connectivity index (χ3n) is 3.35. The standard InChI is InChI=1S/C16H8Cl3NO3S/c17-9-5-7-10(8-6-9)24(22,23)20-15-11-3-1-2-4-12(11)16(21)14(19)13(15)18/h1-8H/b20-15+. The van der Waals surface area contributed by atoms with Crippen LogP contribution in [0, 0.1) is 0 Å². The lowest BCUT2D eigenvalue weighted by molar-refractivity contribution is 0.104. The van der Waals surface area contributed by atoms with Crippen LogP contribution in [0.4, 0.5) is 0 Å². The van der Waals surface area contributed by atoms with Crippen LogP contribution in [0.15, 0.2) is 67.9 Å². The summed E-state index contributed by atoms with van der Waals surface area (Å²) in [6, 6.07) is 11.9. The van der Waals surface area contributed by atoms with Crippen molar-refractivity contribution in [3.05, 3.63) is 74.7 Å². The van der Waals surface area contributed by atoms with Gasteiger partial charge in [0.1, 0.15) is 10.7 Å². The van der Waals surface area contributed by atoms with E-state index in [1.54, 1.807) is 18.2 Å². The Morgan fingerprint density at radius 2 is 1.38 bits per heavy atom. The highest BCUT2D eigenvalue weighted by Crippen LogP contribution is 2.32. The summed E-state index contributed by atoms with van der Waals surface area (Å²) in [4.78, 5) is 12.1.